The number of nitrogens with one attached hydrogen (secondary N) is 2. The van der Waals surface area contributed by atoms with Crippen LogP contribution in [0.2, 0.25) is 0 Å². The van der Waals surface area contributed by atoms with Gasteiger partial charge in [-0.1, -0.05) is 29.3 Å². The van der Waals surface area contributed by atoms with Crippen molar-refractivity contribution in [2.24, 2.45) is 0 Å². The van der Waals surface area contributed by atoms with Crippen molar-refractivity contribution in [1.29, 1.82) is 0 Å². The van der Waals surface area contributed by atoms with Gasteiger partial charge in [0.1, 0.15) is 0 Å². The summed E-state index contributed by atoms with van der Waals surface area (Å²) in [5, 5.41) is 5.80. The third kappa shape index (κ3) is 7.61. The number of amides is 2. The number of carbonyl (C=O) groups excluding carboxylic acids is 2. The number of rotatable bonds is 8. The molecule has 0 spiro atoms. The largest absolute Gasteiger partial charge is 0.353 e. The van der Waals surface area contributed by atoms with E-state index in [-0.39, 0.29) is 30.9 Å². The summed E-state index contributed by atoms with van der Waals surface area (Å²) in [6.07, 6.45) is 1.99. The van der Waals surface area contributed by atoms with Gasteiger partial charge in [-0.05, 0) is 51.1 Å². The summed E-state index contributed by atoms with van der Waals surface area (Å²) < 4.78 is 0.975. The Balaban J connectivity index is 2.42. The minimum Gasteiger partial charge on any atom is -0.353 e. The molecule has 6 heteroatoms. The standard InChI is InChI=1S/C17H26BrN3O2/c1-5-6-13(3)19-16(22)10-21(4)11-17(23)20-15-8-7-14(18)9-12(15)2/h7-9,13H,5-6,10-11H2,1-4H3,(H,19,22)(H,20,23). The second-order valence-corrected chi connectivity index (χ2v) is 6.85. The molecule has 23 heavy (non-hydrogen) atoms. The predicted molar refractivity (Wildman–Crippen MR) is 97.5 cm³/mol. The first-order valence-corrected chi connectivity index (χ1v) is 8.65. The number of halogens is 1. The highest BCUT2D eigenvalue weighted by atomic mass is 79.9. The molecule has 1 rings (SSSR count). The Morgan fingerprint density at radius 1 is 1.26 bits per heavy atom. The van der Waals surface area contributed by atoms with Crippen molar-refractivity contribution in [3.63, 3.8) is 0 Å². The van der Waals surface area contributed by atoms with Gasteiger partial charge in [-0.25, -0.2) is 0 Å². The molecule has 0 aliphatic rings. The molecule has 0 aliphatic heterocycles. The zero-order chi connectivity index (χ0) is 17.4. The van der Waals surface area contributed by atoms with Gasteiger partial charge in [0.15, 0.2) is 0 Å². The molecular formula is C17H26BrN3O2. The maximum Gasteiger partial charge on any atom is 0.238 e. The summed E-state index contributed by atoms with van der Waals surface area (Å²) >= 11 is 3.40. The monoisotopic (exact) mass is 383 g/mol. The normalized spacial score (nSPS) is 12.1. The second-order valence-electron chi connectivity index (χ2n) is 5.94. The fourth-order valence-electron chi connectivity index (χ4n) is 2.33. The molecule has 2 amide bonds. The lowest BCUT2D eigenvalue weighted by Gasteiger charge is -2.18. The van der Waals surface area contributed by atoms with Crippen molar-refractivity contribution in [1.82, 2.24) is 10.2 Å². The molecule has 0 heterocycles. The first-order chi connectivity index (χ1) is 10.8. The van der Waals surface area contributed by atoms with Crippen LogP contribution in [0.1, 0.15) is 32.3 Å². The van der Waals surface area contributed by atoms with Crippen LogP contribution in [0, 0.1) is 6.92 Å². The molecule has 0 radical (unpaired) electrons. The highest BCUT2D eigenvalue weighted by molar-refractivity contribution is 9.10. The molecular weight excluding hydrogens is 358 g/mol. The second kappa shape index (κ2) is 9.67. The van der Waals surface area contributed by atoms with Gasteiger partial charge in [-0.3, -0.25) is 14.5 Å². The van der Waals surface area contributed by atoms with Gasteiger partial charge in [0, 0.05) is 16.2 Å². The SMILES string of the molecule is CCCC(C)NC(=O)CN(C)CC(=O)Nc1ccc(Br)cc1C. The van der Waals surface area contributed by atoms with Crippen LogP contribution in [0.4, 0.5) is 5.69 Å². The number of carbonyl (C=O) groups is 2. The Labute approximate surface area is 146 Å². The zero-order valence-electron chi connectivity index (χ0n) is 14.3. The molecule has 0 aromatic heterocycles. The van der Waals surface area contributed by atoms with Crippen LogP contribution in [-0.2, 0) is 9.59 Å². The average molecular weight is 384 g/mol. The summed E-state index contributed by atoms with van der Waals surface area (Å²) in [4.78, 5) is 25.7. The lowest BCUT2D eigenvalue weighted by atomic mass is 10.2. The minimum absolute atomic E-state index is 0.0546. The molecule has 0 aliphatic carbocycles. The number of anilines is 1. The van der Waals surface area contributed by atoms with E-state index in [1.807, 2.05) is 32.0 Å². The lowest BCUT2D eigenvalue weighted by Crippen LogP contribution is -2.42. The van der Waals surface area contributed by atoms with Crippen LogP contribution in [-0.4, -0.2) is 42.9 Å². The van der Waals surface area contributed by atoms with Crippen molar-refractivity contribution in [2.75, 3.05) is 25.5 Å². The Bertz CT molecular complexity index is 549. The van der Waals surface area contributed by atoms with E-state index in [2.05, 4.69) is 33.5 Å². The van der Waals surface area contributed by atoms with Crippen molar-refractivity contribution >= 4 is 33.4 Å². The molecule has 1 aromatic carbocycles. The van der Waals surface area contributed by atoms with E-state index in [4.69, 9.17) is 0 Å². The maximum absolute atomic E-state index is 12.1. The van der Waals surface area contributed by atoms with Gasteiger partial charge < -0.3 is 10.6 Å². The molecule has 1 aromatic rings. The molecule has 2 N–H and O–H groups in total. The van der Waals surface area contributed by atoms with Crippen LogP contribution >= 0.6 is 15.9 Å². The molecule has 128 valence electrons. The number of nitrogens with zero attached hydrogens (tertiary/aromatic N) is 1. The Kier molecular flexibility index (Phi) is 8.26. The number of hydrogen-bond donors (Lipinski definition) is 2. The van der Waals surface area contributed by atoms with E-state index in [0.717, 1.165) is 28.6 Å². The molecule has 0 fully saturated rings. The Morgan fingerprint density at radius 2 is 1.91 bits per heavy atom. The number of hydrogen-bond acceptors (Lipinski definition) is 3. The summed E-state index contributed by atoms with van der Waals surface area (Å²) in [5.41, 5.74) is 1.77. The van der Waals surface area contributed by atoms with Crippen LogP contribution in [0.15, 0.2) is 22.7 Å². The molecule has 0 saturated heterocycles. The maximum atomic E-state index is 12.1. The lowest BCUT2D eigenvalue weighted by molar-refractivity contribution is -0.123. The van der Waals surface area contributed by atoms with Gasteiger partial charge in [-0.15, -0.1) is 0 Å². The van der Waals surface area contributed by atoms with Crippen molar-refractivity contribution in [3.8, 4) is 0 Å². The molecule has 0 saturated carbocycles. The molecule has 0 bridgehead atoms. The minimum atomic E-state index is -0.132. The van der Waals surface area contributed by atoms with Gasteiger partial charge in [0.05, 0.1) is 13.1 Å². The Hall–Kier alpha value is -1.40. The summed E-state index contributed by atoms with van der Waals surface area (Å²) in [6, 6.07) is 5.85. The van der Waals surface area contributed by atoms with E-state index >= 15 is 0 Å². The van der Waals surface area contributed by atoms with E-state index in [0.29, 0.717) is 0 Å². The average Bonchev–Trinajstić information content (AvgIpc) is 2.41. The summed E-state index contributed by atoms with van der Waals surface area (Å²) in [5.74, 6) is -0.187. The number of likely N-dealkylation sites (N-methyl/N-ethyl adjacent to an activating group) is 1. The number of aryl methyl sites for hydroxylation is 1. The third-order valence-electron chi connectivity index (χ3n) is 3.42. The highest BCUT2D eigenvalue weighted by Gasteiger charge is 2.13. The molecule has 1 atom stereocenters. The number of benzene rings is 1. The van der Waals surface area contributed by atoms with Crippen molar-refractivity contribution in [2.45, 2.75) is 39.7 Å². The van der Waals surface area contributed by atoms with Crippen LogP contribution in [0.5, 0.6) is 0 Å². The smallest absolute Gasteiger partial charge is 0.238 e. The van der Waals surface area contributed by atoms with Gasteiger partial charge in [0.2, 0.25) is 11.8 Å². The van der Waals surface area contributed by atoms with E-state index < -0.39 is 0 Å². The van der Waals surface area contributed by atoms with Gasteiger partial charge in [-0.2, -0.15) is 0 Å². The van der Waals surface area contributed by atoms with Crippen LogP contribution < -0.4 is 10.6 Å². The topological polar surface area (TPSA) is 61.4 Å². The van der Waals surface area contributed by atoms with E-state index in [9.17, 15) is 9.59 Å². The fourth-order valence-corrected chi connectivity index (χ4v) is 2.80. The van der Waals surface area contributed by atoms with Gasteiger partial charge in [0.25, 0.3) is 0 Å². The quantitative estimate of drug-likeness (QED) is 0.725. The molecule has 1 unspecified atom stereocenters. The van der Waals surface area contributed by atoms with Crippen molar-refractivity contribution in [3.05, 3.63) is 28.2 Å². The highest BCUT2D eigenvalue weighted by Crippen LogP contribution is 2.19. The van der Waals surface area contributed by atoms with Gasteiger partial charge >= 0.3 is 0 Å². The zero-order valence-corrected chi connectivity index (χ0v) is 15.9. The fraction of sp³-hybridized carbons (Fsp3) is 0.529. The third-order valence-corrected chi connectivity index (χ3v) is 3.91. The Morgan fingerprint density at radius 3 is 2.52 bits per heavy atom. The summed E-state index contributed by atoms with van der Waals surface area (Å²) in [6.45, 7) is 6.40. The first kappa shape index (κ1) is 19.6. The van der Waals surface area contributed by atoms with Crippen molar-refractivity contribution < 1.29 is 9.59 Å². The first-order valence-electron chi connectivity index (χ1n) is 7.85. The predicted octanol–water partition coefficient (Wildman–Crippen LogP) is 2.93. The molecule has 5 nitrogen and oxygen atoms in total. The summed E-state index contributed by atoms with van der Waals surface area (Å²) in [7, 11) is 1.76. The van der Waals surface area contributed by atoms with E-state index in [1.165, 1.54) is 0 Å². The van der Waals surface area contributed by atoms with Crippen LogP contribution in [0.3, 0.4) is 0 Å². The van der Waals surface area contributed by atoms with Crippen LogP contribution in [0.25, 0.3) is 0 Å². The van der Waals surface area contributed by atoms with E-state index in [1.54, 1.807) is 11.9 Å².